The first-order valence-corrected chi connectivity index (χ1v) is 7.16. The molecule has 104 valence electrons. The van der Waals surface area contributed by atoms with E-state index in [-0.39, 0.29) is 5.91 Å². The zero-order chi connectivity index (χ0) is 13.7. The first-order chi connectivity index (χ1) is 9.16. The molecule has 1 saturated heterocycles. The zero-order valence-electron chi connectivity index (χ0n) is 11.8. The minimum absolute atomic E-state index is 0.00769. The van der Waals surface area contributed by atoms with Crippen molar-refractivity contribution in [1.29, 1.82) is 0 Å². The summed E-state index contributed by atoms with van der Waals surface area (Å²) in [4.78, 5) is 11.9. The normalized spacial score (nSPS) is 18.8. The van der Waals surface area contributed by atoms with Crippen LogP contribution in [0.3, 0.4) is 0 Å². The van der Waals surface area contributed by atoms with Crippen LogP contribution >= 0.6 is 0 Å². The Morgan fingerprint density at radius 1 is 1.37 bits per heavy atom. The minimum Gasteiger partial charge on any atom is -0.378 e. The van der Waals surface area contributed by atoms with E-state index < -0.39 is 0 Å². The molecule has 0 radical (unpaired) electrons. The number of hydrogen-bond donors (Lipinski definition) is 1. The average Bonchev–Trinajstić information content (AvgIpc) is 2.92. The van der Waals surface area contributed by atoms with Gasteiger partial charge in [0.05, 0.1) is 6.10 Å². The third kappa shape index (κ3) is 4.06. The number of benzene rings is 1. The van der Waals surface area contributed by atoms with E-state index >= 15 is 0 Å². The molecule has 1 N–H and O–H groups in total. The molecule has 0 aliphatic carbocycles. The molecule has 0 bridgehead atoms. The summed E-state index contributed by atoms with van der Waals surface area (Å²) in [6.07, 6.45) is 3.52. The molecule has 0 saturated carbocycles. The van der Waals surface area contributed by atoms with Gasteiger partial charge in [-0.2, -0.15) is 0 Å². The van der Waals surface area contributed by atoms with Gasteiger partial charge in [0.2, 0.25) is 0 Å². The van der Waals surface area contributed by atoms with Crippen molar-refractivity contribution in [2.45, 2.75) is 45.1 Å². The van der Waals surface area contributed by atoms with Crippen LogP contribution < -0.4 is 5.32 Å². The summed E-state index contributed by atoms with van der Waals surface area (Å²) in [7, 11) is 0. The molecule has 1 unspecified atom stereocenters. The molecule has 1 aliphatic rings. The highest BCUT2D eigenvalue weighted by molar-refractivity contribution is 5.94. The Morgan fingerprint density at radius 2 is 2.11 bits per heavy atom. The first-order valence-electron chi connectivity index (χ1n) is 7.16. The molecular weight excluding hydrogens is 238 g/mol. The van der Waals surface area contributed by atoms with Gasteiger partial charge in [0, 0.05) is 18.7 Å². The molecule has 1 heterocycles. The van der Waals surface area contributed by atoms with E-state index in [0.717, 1.165) is 31.4 Å². The second-order valence-corrected chi connectivity index (χ2v) is 5.46. The monoisotopic (exact) mass is 261 g/mol. The van der Waals surface area contributed by atoms with Crippen molar-refractivity contribution in [2.24, 2.45) is 0 Å². The third-order valence-electron chi connectivity index (χ3n) is 3.62. The molecule has 3 nitrogen and oxygen atoms in total. The quantitative estimate of drug-likeness (QED) is 0.884. The van der Waals surface area contributed by atoms with Crippen LogP contribution in [0.2, 0.25) is 0 Å². The fraction of sp³-hybridized carbons (Fsp3) is 0.562. The Bertz CT molecular complexity index is 405. The molecular formula is C16H23NO2. The first kappa shape index (κ1) is 14.1. The fourth-order valence-electron chi connectivity index (χ4n) is 2.34. The van der Waals surface area contributed by atoms with Gasteiger partial charge in [0.15, 0.2) is 0 Å². The maximum atomic E-state index is 11.9. The van der Waals surface area contributed by atoms with Crippen LogP contribution in [-0.2, 0) is 4.74 Å². The topological polar surface area (TPSA) is 38.3 Å². The number of carbonyl (C=O) groups is 1. The Morgan fingerprint density at radius 3 is 2.68 bits per heavy atom. The SMILES string of the molecule is CC(C)c1ccc(C(=O)NCCC2CCCO2)cc1. The molecule has 1 amide bonds. The summed E-state index contributed by atoms with van der Waals surface area (Å²) < 4.78 is 5.53. The van der Waals surface area contributed by atoms with Crippen molar-refractivity contribution in [3.05, 3.63) is 35.4 Å². The summed E-state index contributed by atoms with van der Waals surface area (Å²) in [6.45, 7) is 5.86. The van der Waals surface area contributed by atoms with Gasteiger partial charge in [-0.05, 0) is 42.9 Å². The van der Waals surface area contributed by atoms with E-state index in [0.29, 0.717) is 18.6 Å². The Balaban J connectivity index is 1.78. The number of ether oxygens (including phenoxy) is 1. The lowest BCUT2D eigenvalue weighted by Crippen LogP contribution is -2.27. The Kier molecular flexibility index (Phi) is 4.97. The van der Waals surface area contributed by atoms with E-state index in [4.69, 9.17) is 4.74 Å². The van der Waals surface area contributed by atoms with Crippen LogP contribution in [0.5, 0.6) is 0 Å². The molecule has 1 aromatic carbocycles. The fourth-order valence-corrected chi connectivity index (χ4v) is 2.34. The molecule has 1 atom stereocenters. The third-order valence-corrected chi connectivity index (χ3v) is 3.62. The number of nitrogens with one attached hydrogen (secondary N) is 1. The predicted octanol–water partition coefficient (Wildman–Crippen LogP) is 3.11. The van der Waals surface area contributed by atoms with Crippen LogP contribution in [0.4, 0.5) is 0 Å². The summed E-state index contributed by atoms with van der Waals surface area (Å²) in [5.74, 6) is 0.505. The second-order valence-electron chi connectivity index (χ2n) is 5.46. The molecule has 2 rings (SSSR count). The maximum absolute atomic E-state index is 11.9. The highest BCUT2D eigenvalue weighted by Gasteiger charge is 2.15. The van der Waals surface area contributed by atoms with Crippen LogP contribution in [-0.4, -0.2) is 25.2 Å². The lowest BCUT2D eigenvalue weighted by Gasteiger charge is -2.10. The lowest BCUT2D eigenvalue weighted by atomic mass is 10.0. The van der Waals surface area contributed by atoms with Crippen LogP contribution in [0.25, 0.3) is 0 Å². The van der Waals surface area contributed by atoms with E-state index in [1.807, 2.05) is 24.3 Å². The maximum Gasteiger partial charge on any atom is 0.251 e. The number of hydrogen-bond acceptors (Lipinski definition) is 2. The Labute approximate surface area is 115 Å². The van der Waals surface area contributed by atoms with Crippen molar-refractivity contribution >= 4 is 5.91 Å². The molecule has 3 heteroatoms. The molecule has 1 aromatic rings. The van der Waals surface area contributed by atoms with Crippen molar-refractivity contribution in [2.75, 3.05) is 13.2 Å². The molecule has 19 heavy (non-hydrogen) atoms. The van der Waals surface area contributed by atoms with E-state index in [2.05, 4.69) is 19.2 Å². The number of amides is 1. The van der Waals surface area contributed by atoms with Crippen molar-refractivity contribution in [3.63, 3.8) is 0 Å². The van der Waals surface area contributed by atoms with E-state index in [9.17, 15) is 4.79 Å². The van der Waals surface area contributed by atoms with Gasteiger partial charge in [0.25, 0.3) is 5.91 Å². The summed E-state index contributed by atoms with van der Waals surface area (Å²) in [5.41, 5.74) is 1.99. The predicted molar refractivity (Wildman–Crippen MR) is 76.5 cm³/mol. The lowest BCUT2D eigenvalue weighted by molar-refractivity contribution is 0.0907. The molecule has 0 aromatic heterocycles. The smallest absolute Gasteiger partial charge is 0.251 e. The Hall–Kier alpha value is -1.35. The van der Waals surface area contributed by atoms with Gasteiger partial charge in [-0.1, -0.05) is 26.0 Å². The van der Waals surface area contributed by atoms with Gasteiger partial charge >= 0.3 is 0 Å². The van der Waals surface area contributed by atoms with Gasteiger partial charge in [0.1, 0.15) is 0 Å². The van der Waals surface area contributed by atoms with Gasteiger partial charge in [-0.15, -0.1) is 0 Å². The van der Waals surface area contributed by atoms with Crippen LogP contribution in [0.1, 0.15) is 54.9 Å². The van der Waals surface area contributed by atoms with Crippen molar-refractivity contribution in [3.8, 4) is 0 Å². The minimum atomic E-state index is 0.00769. The average molecular weight is 261 g/mol. The summed E-state index contributed by atoms with van der Waals surface area (Å²) >= 11 is 0. The van der Waals surface area contributed by atoms with Crippen LogP contribution in [0, 0.1) is 0 Å². The molecule has 1 aliphatic heterocycles. The highest BCUT2D eigenvalue weighted by Crippen LogP contribution is 2.15. The van der Waals surface area contributed by atoms with Crippen molar-refractivity contribution in [1.82, 2.24) is 5.32 Å². The van der Waals surface area contributed by atoms with Gasteiger partial charge in [-0.3, -0.25) is 4.79 Å². The van der Waals surface area contributed by atoms with Crippen LogP contribution in [0.15, 0.2) is 24.3 Å². The summed E-state index contributed by atoms with van der Waals surface area (Å²) in [6, 6.07) is 7.85. The molecule has 0 spiro atoms. The highest BCUT2D eigenvalue weighted by atomic mass is 16.5. The van der Waals surface area contributed by atoms with Gasteiger partial charge in [-0.25, -0.2) is 0 Å². The zero-order valence-corrected chi connectivity index (χ0v) is 11.8. The standard InChI is InChI=1S/C16H23NO2/c1-12(2)13-5-7-14(8-6-13)16(18)17-10-9-15-4-3-11-19-15/h5-8,12,15H,3-4,9-11H2,1-2H3,(H,17,18). The van der Waals surface area contributed by atoms with E-state index in [1.165, 1.54) is 5.56 Å². The second kappa shape index (κ2) is 6.71. The summed E-state index contributed by atoms with van der Waals surface area (Å²) in [5, 5.41) is 2.96. The number of carbonyl (C=O) groups excluding carboxylic acids is 1. The van der Waals surface area contributed by atoms with Gasteiger partial charge < -0.3 is 10.1 Å². The number of rotatable bonds is 5. The largest absolute Gasteiger partial charge is 0.378 e. The molecule has 1 fully saturated rings. The van der Waals surface area contributed by atoms with Crippen molar-refractivity contribution < 1.29 is 9.53 Å². The van der Waals surface area contributed by atoms with E-state index in [1.54, 1.807) is 0 Å².